The quantitative estimate of drug-likeness (QED) is 0.862. The molecule has 1 aromatic rings. The average Bonchev–Trinajstić information content (AvgIpc) is 3.12. The zero-order chi connectivity index (χ0) is 16.9. The van der Waals surface area contributed by atoms with E-state index in [0.717, 1.165) is 45.9 Å². The molecule has 2 heterocycles. The Kier molecular flexibility index (Phi) is 6.36. The van der Waals surface area contributed by atoms with Gasteiger partial charge in [0.05, 0.1) is 35.4 Å². The molecule has 0 aliphatic carbocycles. The summed E-state index contributed by atoms with van der Waals surface area (Å²) in [5.74, 6) is 0.234. The Bertz CT molecular complexity index is 573. The summed E-state index contributed by atoms with van der Waals surface area (Å²) in [5.41, 5.74) is 0.410. The molecule has 2 aliphatic heterocycles. The first kappa shape index (κ1) is 18.0. The summed E-state index contributed by atoms with van der Waals surface area (Å²) in [5, 5.41) is 3.70. The molecule has 2 atom stereocenters. The fourth-order valence-corrected chi connectivity index (χ4v) is 3.72. The largest absolute Gasteiger partial charge is 0.381 e. The Hall–Kier alpha value is -0.850. The summed E-state index contributed by atoms with van der Waals surface area (Å²) >= 11 is 12.1. The van der Waals surface area contributed by atoms with E-state index in [9.17, 15) is 4.79 Å². The van der Waals surface area contributed by atoms with E-state index in [2.05, 4.69) is 10.2 Å². The molecule has 2 unspecified atom stereocenters. The lowest BCUT2D eigenvalue weighted by Gasteiger charge is -2.37. The van der Waals surface area contributed by atoms with Gasteiger partial charge in [-0.2, -0.15) is 0 Å². The van der Waals surface area contributed by atoms with Crippen LogP contribution in [0.15, 0.2) is 18.2 Å². The highest BCUT2D eigenvalue weighted by Crippen LogP contribution is 2.26. The first-order valence-electron chi connectivity index (χ1n) is 8.28. The Balaban J connectivity index is 1.66. The van der Waals surface area contributed by atoms with Crippen molar-refractivity contribution in [2.24, 2.45) is 5.92 Å². The van der Waals surface area contributed by atoms with E-state index in [1.54, 1.807) is 18.2 Å². The molecule has 5 nitrogen and oxygen atoms in total. The minimum Gasteiger partial charge on any atom is -0.381 e. The maximum Gasteiger partial charge on any atom is 0.252 e. The van der Waals surface area contributed by atoms with Crippen molar-refractivity contribution >= 4 is 29.1 Å². The molecule has 0 radical (unpaired) electrons. The van der Waals surface area contributed by atoms with Gasteiger partial charge in [-0.25, -0.2) is 0 Å². The summed E-state index contributed by atoms with van der Waals surface area (Å²) in [6.07, 6.45) is 1.02. The van der Waals surface area contributed by atoms with Gasteiger partial charge in [-0.15, -0.1) is 0 Å². The molecular formula is C17H22Cl2N2O3. The van der Waals surface area contributed by atoms with Crippen molar-refractivity contribution in [3.63, 3.8) is 0 Å². The van der Waals surface area contributed by atoms with Crippen molar-refractivity contribution in [3.05, 3.63) is 33.8 Å². The first-order valence-corrected chi connectivity index (χ1v) is 9.04. The lowest BCUT2D eigenvalue weighted by Crippen LogP contribution is -2.52. The van der Waals surface area contributed by atoms with Crippen LogP contribution in [-0.2, 0) is 9.47 Å². The van der Waals surface area contributed by atoms with Crippen LogP contribution in [0.2, 0.25) is 10.0 Å². The third kappa shape index (κ3) is 4.21. The number of benzene rings is 1. The number of hydrogen-bond acceptors (Lipinski definition) is 4. The van der Waals surface area contributed by atoms with Gasteiger partial charge in [-0.3, -0.25) is 9.69 Å². The summed E-state index contributed by atoms with van der Waals surface area (Å²) < 4.78 is 11.0. The number of hydrogen-bond donors (Lipinski definition) is 1. The molecule has 0 aromatic heterocycles. The van der Waals surface area contributed by atoms with Gasteiger partial charge < -0.3 is 14.8 Å². The molecule has 0 saturated carbocycles. The molecule has 3 rings (SSSR count). The highest BCUT2D eigenvalue weighted by atomic mass is 35.5. The zero-order valence-corrected chi connectivity index (χ0v) is 15.0. The number of ether oxygens (including phenoxy) is 2. The summed E-state index contributed by atoms with van der Waals surface area (Å²) in [7, 11) is 0. The van der Waals surface area contributed by atoms with Crippen LogP contribution in [0.5, 0.6) is 0 Å². The number of nitrogens with zero attached hydrogens (tertiary/aromatic N) is 1. The number of nitrogens with one attached hydrogen (secondary N) is 1. The average molecular weight is 373 g/mol. The summed E-state index contributed by atoms with van der Waals surface area (Å²) in [6, 6.07) is 5.34. The maximum absolute atomic E-state index is 12.5. The van der Waals surface area contributed by atoms with Crippen molar-refractivity contribution in [1.29, 1.82) is 0 Å². The van der Waals surface area contributed by atoms with Crippen LogP contribution in [0.1, 0.15) is 16.8 Å². The highest BCUT2D eigenvalue weighted by Gasteiger charge is 2.32. The number of rotatable bonds is 5. The normalized spacial score (nSPS) is 23.2. The minimum absolute atomic E-state index is 0.195. The molecule has 2 fully saturated rings. The Morgan fingerprint density at radius 1 is 1.25 bits per heavy atom. The van der Waals surface area contributed by atoms with Gasteiger partial charge in [0.1, 0.15) is 0 Å². The molecular weight excluding hydrogens is 351 g/mol. The molecule has 2 saturated heterocycles. The van der Waals surface area contributed by atoms with Crippen LogP contribution in [0.4, 0.5) is 0 Å². The monoisotopic (exact) mass is 372 g/mol. The fraction of sp³-hybridized carbons (Fsp3) is 0.588. The van der Waals surface area contributed by atoms with Crippen LogP contribution in [0.3, 0.4) is 0 Å². The second-order valence-electron chi connectivity index (χ2n) is 6.15. The van der Waals surface area contributed by atoms with Crippen molar-refractivity contribution in [2.75, 3.05) is 46.1 Å². The smallest absolute Gasteiger partial charge is 0.252 e. The van der Waals surface area contributed by atoms with Gasteiger partial charge in [0.15, 0.2) is 0 Å². The summed E-state index contributed by atoms with van der Waals surface area (Å²) in [6.45, 7) is 5.34. The molecule has 1 aromatic carbocycles. The van der Waals surface area contributed by atoms with Crippen molar-refractivity contribution in [2.45, 2.75) is 12.5 Å². The number of halogens is 2. The fourth-order valence-electron chi connectivity index (χ4n) is 3.33. The predicted octanol–water partition coefficient (Wildman–Crippen LogP) is 2.46. The van der Waals surface area contributed by atoms with Crippen LogP contribution in [0, 0.1) is 5.92 Å². The molecule has 1 N–H and O–H groups in total. The molecule has 0 bridgehead atoms. The highest BCUT2D eigenvalue weighted by molar-refractivity contribution is 6.43. The van der Waals surface area contributed by atoms with E-state index in [0.29, 0.717) is 28.1 Å². The summed E-state index contributed by atoms with van der Waals surface area (Å²) in [4.78, 5) is 14.9. The zero-order valence-electron chi connectivity index (χ0n) is 13.5. The third-order valence-corrected chi connectivity index (χ3v) is 5.51. The third-order valence-electron chi connectivity index (χ3n) is 4.69. The maximum atomic E-state index is 12.5. The van der Waals surface area contributed by atoms with E-state index < -0.39 is 0 Å². The minimum atomic E-state index is -0.195. The Labute approximate surface area is 152 Å². The van der Waals surface area contributed by atoms with E-state index in [1.807, 2.05) is 0 Å². The second kappa shape index (κ2) is 8.50. The van der Waals surface area contributed by atoms with Crippen LogP contribution >= 0.6 is 23.2 Å². The van der Waals surface area contributed by atoms with E-state index in [-0.39, 0.29) is 11.9 Å². The van der Waals surface area contributed by atoms with E-state index >= 15 is 0 Å². The van der Waals surface area contributed by atoms with Gasteiger partial charge in [0.25, 0.3) is 5.91 Å². The number of morpholine rings is 1. The predicted molar refractivity (Wildman–Crippen MR) is 93.9 cm³/mol. The van der Waals surface area contributed by atoms with Crippen LogP contribution in [0.25, 0.3) is 0 Å². The van der Waals surface area contributed by atoms with Crippen molar-refractivity contribution < 1.29 is 14.3 Å². The molecule has 7 heteroatoms. The molecule has 2 aliphatic rings. The van der Waals surface area contributed by atoms with Gasteiger partial charge >= 0.3 is 0 Å². The number of carbonyl (C=O) groups is 1. The SMILES string of the molecule is O=C(NCC(C1CCOC1)N1CCOCC1)c1cccc(Cl)c1Cl. The lowest BCUT2D eigenvalue weighted by molar-refractivity contribution is 0.00166. The molecule has 132 valence electrons. The van der Waals surface area contributed by atoms with Gasteiger partial charge in [0, 0.05) is 38.2 Å². The number of carbonyl (C=O) groups excluding carboxylic acids is 1. The number of amides is 1. The topological polar surface area (TPSA) is 50.8 Å². The van der Waals surface area contributed by atoms with Crippen molar-refractivity contribution in [3.8, 4) is 0 Å². The lowest BCUT2D eigenvalue weighted by atomic mass is 9.96. The van der Waals surface area contributed by atoms with Gasteiger partial charge in [0.2, 0.25) is 0 Å². The van der Waals surface area contributed by atoms with E-state index in [1.165, 1.54) is 0 Å². The van der Waals surface area contributed by atoms with Crippen LogP contribution in [-0.4, -0.2) is 62.9 Å². The Morgan fingerprint density at radius 2 is 2.04 bits per heavy atom. The van der Waals surface area contributed by atoms with Crippen LogP contribution < -0.4 is 5.32 Å². The van der Waals surface area contributed by atoms with Gasteiger partial charge in [-0.05, 0) is 18.6 Å². The first-order chi connectivity index (χ1) is 11.7. The molecule has 24 heavy (non-hydrogen) atoms. The Morgan fingerprint density at radius 3 is 2.75 bits per heavy atom. The standard InChI is InChI=1S/C17H22Cl2N2O3/c18-14-3-1-2-13(16(14)19)17(22)20-10-15(12-4-7-24-11-12)21-5-8-23-9-6-21/h1-3,12,15H,4-11H2,(H,20,22). The second-order valence-corrected chi connectivity index (χ2v) is 6.94. The van der Waals surface area contributed by atoms with Gasteiger partial charge in [-0.1, -0.05) is 29.3 Å². The molecule has 0 spiro atoms. The van der Waals surface area contributed by atoms with E-state index in [4.69, 9.17) is 32.7 Å². The van der Waals surface area contributed by atoms with Crippen molar-refractivity contribution in [1.82, 2.24) is 10.2 Å². The molecule has 1 amide bonds.